The molecule has 2 heteroatoms. The summed E-state index contributed by atoms with van der Waals surface area (Å²) >= 11 is -1.09. The van der Waals surface area contributed by atoms with Crippen LogP contribution in [0.15, 0.2) is 0 Å². The average Bonchev–Trinajstić information content (AvgIpc) is 1.89. The number of unbranched alkanes of at least 4 members (excludes halogenated alkanes) is 4. The summed E-state index contributed by atoms with van der Waals surface area (Å²) < 4.78 is 11.2. The van der Waals surface area contributed by atoms with Crippen molar-refractivity contribution in [3.05, 3.63) is 0 Å². The molecule has 0 aliphatic carbocycles. The van der Waals surface area contributed by atoms with E-state index >= 15 is 0 Å². The predicted molar refractivity (Wildman–Crippen MR) is 40.0 cm³/mol. The first-order valence-corrected chi connectivity index (χ1v) is 6.95. The first-order chi connectivity index (χ1) is 4.41. The second-order valence-electron chi connectivity index (χ2n) is 2.31. The molecular weight excluding hydrogens is 219 g/mol. The molecule has 0 aliphatic rings. The first kappa shape index (κ1) is 9.60. The van der Waals surface area contributed by atoms with Crippen molar-refractivity contribution in [2.45, 2.75) is 43.5 Å². The van der Waals surface area contributed by atoms with E-state index in [9.17, 15) is 3.08 Å². The number of rotatable bonds is 6. The third kappa shape index (κ3) is 8.60. The standard InChI is InChI=1S/C7H15.O.Sn/c1-3-5-7-6-4-2;;/h1,3-7H2,2H3;;. The van der Waals surface area contributed by atoms with Gasteiger partial charge in [0.05, 0.1) is 0 Å². The summed E-state index contributed by atoms with van der Waals surface area (Å²) in [5.41, 5.74) is 0. The van der Waals surface area contributed by atoms with Gasteiger partial charge in [-0.2, -0.15) is 0 Å². The van der Waals surface area contributed by atoms with Crippen molar-refractivity contribution in [2.75, 3.05) is 0 Å². The Morgan fingerprint density at radius 1 is 1.11 bits per heavy atom. The third-order valence-electron chi connectivity index (χ3n) is 1.38. The summed E-state index contributed by atoms with van der Waals surface area (Å²) in [7, 11) is 0. The van der Waals surface area contributed by atoms with Crippen LogP contribution in [0.4, 0.5) is 0 Å². The Kier molecular flexibility index (Phi) is 9.17. The molecule has 0 saturated heterocycles. The first-order valence-electron chi connectivity index (χ1n) is 3.76. The molecule has 0 aromatic rings. The van der Waals surface area contributed by atoms with Gasteiger partial charge in [-0.1, -0.05) is 0 Å². The maximum absolute atomic E-state index is 10.1. The second-order valence-corrected chi connectivity index (χ2v) is 4.56. The molecule has 53 valence electrons. The Morgan fingerprint density at radius 2 is 1.78 bits per heavy atom. The summed E-state index contributed by atoms with van der Waals surface area (Å²) in [4.78, 5) is 0. The van der Waals surface area contributed by atoms with Crippen LogP contribution in [0.2, 0.25) is 4.44 Å². The molecule has 0 spiro atoms. The van der Waals surface area contributed by atoms with Gasteiger partial charge in [0.2, 0.25) is 0 Å². The van der Waals surface area contributed by atoms with Crippen LogP contribution >= 0.6 is 0 Å². The molecule has 0 aliphatic heterocycles. The van der Waals surface area contributed by atoms with Crippen LogP contribution in [-0.2, 0) is 3.08 Å². The fraction of sp³-hybridized carbons (Fsp3) is 1.00. The Balaban J connectivity index is 2.66. The molecule has 0 amide bonds. The summed E-state index contributed by atoms with van der Waals surface area (Å²) in [6.45, 7) is 2.21. The molecular formula is C7H15OSn. The molecule has 0 unspecified atom stereocenters. The zero-order valence-electron chi connectivity index (χ0n) is 6.15. The van der Waals surface area contributed by atoms with Gasteiger partial charge < -0.3 is 0 Å². The molecule has 1 nitrogen and oxygen atoms in total. The van der Waals surface area contributed by atoms with E-state index in [1.54, 1.807) is 0 Å². The minimum absolute atomic E-state index is 1.05. The van der Waals surface area contributed by atoms with Crippen molar-refractivity contribution in [2.24, 2.45) is 0 Å². The van der Waals surface area contributed by atoms with Gasteiger partial charge in [0, 0.05) is 0 Å². The second kappa shape index (κ2) is 8.60. The van der Waals surface area contributed by atoms with Crippen molar-refractivity contribution in [3.8, 4) is 0 Å². The van der Waals surface area contributed by atoms with Gasteiger partial charge in [0.15, 0.2) is 0 Å². The van der Waals surface area contributed by atoms with E-state index in [4.69, 9.17) is 0 Å². The molecule has 0 rings (SSSR count). The molecule has 9 heavy (non-hydrogen) atoms. The number of hydrogen-bond acceptors (Lipinski definition) is 1. The maximum atomic E-state index is 10.1. The van der Waals surface area contributed by atoms with Crippen LogP contribution in [-0.4, -0.2) is 21.1 Å². The topological polar surface area (TPSA) is 17.1 Å². The fourth-order valence-electron chi connectivity index (χ4n) is 0.801. The van der Waals surface area contributed by atoms with Gasteiger partial charge in [0.1, 0.15) is 0 Å². The van der Waals surface area contributed by atoms with Gasteiger partial charge in [-0.25, -0.2) is 0 Å². The molecule has 0 saturated carbocycles. The molecule has 0 aromatic heterocycles. The summed E-state index contributed by atoms with van der Waals surface area (Å²) in [5, 5.41) is 0. The van der Waals surface area contributed by atoms with Crippen LogP contribution in [0, 0.1) is 0 Å². The van der Waals surface area contributed by atoms with Gasteiger partial charge >= 0.3 is 67.7 Å². The van der Waals surface area contributed by atoms with E-state index in [0.29, 0.717) is 0 Å². The average molecular weight is 234 g/mol. The predicted octanol–water partition coefficient (Wildman–Crippen LogP) is 2.42. The van der Waals surface area contributed by atoms with Crippen LogP contribution in [0.5, 0.6) is 0 Å². The van der Waals surface area contributed by atoms with Gasteiger partial charge in [-0.3, -0.25) is 0 Å². The van der Waals surface area contributed by atoms with Crippen LogP contribution in [0.1, 0.15) is 39.0 Å². The number of hydrogen-bond donors (Lipinski definition) is 0. The molecule has 0 atom stereocenters. The minimum atomic E-state index is -1.09. The van der Waals surface area contributed by atoms with Gasteiger partial charge in [-0.05, 0) is 0 Å². The van der Waals surface area contributed by atoms with Crippen molar-refractivity contribution >= 4 is 21.1 Å². The summed E-state index contributed by atoms with van der Waals surface area (Å²) in [6.07, 6.45) is 6.52. The summed E-state index contributed by atoms with van der Waals surface area (Å²) in [5.74, 6) is 0. The Bertz CT molecular complexity index is 63.9. The van der Waals surface area contributed by atoms with E-state index in [-0.39, 0.29) is 0 Å². The fourth-order valence-corrected chi connectivity index (χ4v) is 1.93. The van der Waals surface area contributed by atoms with Crippen molar-refractivity contribution < 1.29 is 3.08 Å². The SMILES string of the molecule is CCCCCC[CH2][Sn]=[O]. The van der Waals surface area contributed by atoms with Crippen molar-refractivity contribution in [1.29, 1.82) is 0 Å². The molecule has 0 N–H and O–H groups in total. The van der Waals surface area contributed by atoms with E-state index in [1.807, 2.05) is 0 Å². The normalized spacial score (nSPS) is 9.44. The van der Waals surface area contributed by atoms with E-state index < -0.39 is 21.1 Å². The van der Waals surface area contributed by atoms with Gasteiger partial charge in [-0.15, -0.1) is 0 Å². The van der Waals surface area contributed by atoms with Crippen LogP contribution < -0.4 is 0 Å². The Hall–Kier alpha value is 0.599. The Morgan fingerprint density at radius 3 is 2.33 bits per heavy atom. The third-order valence-corrected chi connectivity index (χ3v) is 2.97. The zero-order chi connectivity index (χ0) is 6.95. The quantitative estimate of drug-likeness (QED) is 0.509. The van der Waals surface area contributed by atoms with Crippen molar-refractivity contribution in [1.82, 2.24) is 0 Å². The zero-order valence-corrected chi connectivity index (χ0v) is 9.00. The molecule has 0 aromatic carbocycles. The molecule has 0 heterocycles. The molecule has 1 radical (unpaired) electrons. The van der Waals surface area contributed by atoms with Crippen LogP contribution in [0.3, 0.4) is 0 Å². The summed E-state index contributed by atoms with van der Waals surface area (Å²) in [6, 6.07) is 0. The van der Waals surface area contributed by atoms with Gasteiger partial charge in [0.25, 0.3) is 0 Å². The van der Waals surface area contributed by atoms with E-state index in [1.165, 1.54) is 32.1 Å². The monoisotopic (exact) mass is 235 g/mol. The van der Waals surface area contributed by atoms with Crippen LogP contribution in [0.25, 0.3) is 0 Å². The Labute approximate surface area is 67.8 Å². The molecule has 0 fully saturated rings. The van der Waals surface area contributed by atoms with Crippen molar-refractivity contribution in [3.63, 3.8) is 0 Å². The van der Waals surface area contributed by atoms with E-state index in [2.05, 4.69) is 6.92 Å². The molecule has 0 bridgehead atoms. The van der Waals surface area contributed by atoms with E-state index in [0.717, 1.165) is 4.44 Å².